The van der Waals surface area contributed by atoms with Crippen LogP contribution in [0, 0.1) is 11.8 Å². The van der Waals surface area contributed by atoms with E-state index in [4.69, 9.17) is 4.74 Å². The number of ketones is 1. The molecule has 4 unspecified atom stereocenters. The molecule has 2 N–H and O–H groups in total. The van der Waals surface area contributed by atoms with Crippen LogP contribution in [0.3, 0.4) is 0 Å². The van der Waals surface area contributed by atoms with Crippen LogP contribution >= 0.6 is 0 Å². The first-order valence-electron chi connectivity index (χ1n) is 12.1. The van der Waals surface area contributed by atoms with Gasteiger partial charge in [0.15, 0.2) is 11.4 Å². The van der Waals surface area contributed by atoms with Gasteiger partial charge < -0.3 is 15.4 Å². The number of Topliss-reactive ketones (excluding diaryl/α,β-unsaturated/α-hetero) is 1. The molecule has 0 aromatic heterocycles. The lowest BCUT2D eigenvalue weighted by molar-refractivity contribution is -0.133. The molecular weight excluding hydrogens is 404 g/mol. The SMILES string of the molecule is CCC(NC(=O)CC1CCc2ccccc2C1)C(=O)NC(CC(C)C)C(=O)C1(CC)CO1. The van der Waals surface area contributed by atoms with Crippen LogP contribution in [0.15, 0.2) is 24.3 Å². The van der Waals surface area contributed by atoms with Crippen molar-refractivity contribution in [2.24, 2.45) is 11.8 Å². The summed E-state index contributed by atoms with van der Waals surface area (Å²) in [7, 11) is 0. The van der Waals surface area contributed by atoms with Crippen LogP contribution in [0.2, 0.25) is 0 Å². The van der Waals surface area contributed by atoms with Gasteiger partial charge in [0, 0.05) is 6.42 Å². The Labute approximate surface area is 191 Å². The van der Waals surface area contributed by atoms with Gasteiger partial charge in [0.2, 0.25) is 11.8 Å². The summed E-state index contributed by atoms with van der Waals surface area (Å²) in [4.78, 5) is 38.7. The number of ether oxygens (including phenoxy) is 1. The van der Waals surface area contributed by atoms with E-state index in [0.717, 1.165) is 19.3 Å². The molecule has 1 fully saturated rings. The van der Waals surface area contributed by atoms with E-state index in [-0.39, 0.29) is 29.4 Å². The molecule has 6 nitrogen and oxygen atoms in total. The van der Waals surface area contributed by atoms with Gasteiger partial charge in [-0.1, -0.05) is 52.0 Å². The molecule has 6 heteroatoms. The Kier molecular flexibility index (Phi) is 8.10. The molecule has 0 spiro atoms. The van der Waals surface area contributed by atoms with Crippen molar-refractivity contribution in [2.45, 2.75) is 90.3 Å². The number of benzene rings is 1. The smallest absolute Gasteiger partial charge is 0.243 e. The highest BCUT2D eigenvalue weighted by atomic mass is 16.6. The third-order valence-electron chi connectivity index (χ3n) is 6.84. The van der Waals surface area contributed by atoms with Crippen molar-refractivity contribution >= 4 is 17.6 Å². The van der Waals surface area contributed by atoms with Crippen molar-refractivity contribution < 1.29 is 19.1 Å². The number of carbonyl (C=O) groups is 3. The number of hydrogen-bond donors (Lipinski definition) is 2. The molecule has 4 atom stereocenters. The minimum Gasteiger partial charge on any atom is -0.361 e. The van der Waals surface area contributed by atoms with Crippen molar-refractivity contribution in [1.82, 2.24) is 10.6 Å². The molecule has 32 heavy (non-hydrogen) atoms. The molecule has 1 aromatic rings. The second kappa shape index (κ2) is 10.6. The Morgan fingerprint density at radius 3 is 2.38 bits per heavy atom. The van der Waals surface area contributed by atoms with Crippen LogP contribution in [0.25, 0.3) is 0 Å². The van der Waals surface area contributed by atoms with E-state index >= 15 is 0 Å². The largest absolute Gasteiger partial charge is 0.361 e. The van der Waals surface area contributed by atoms with Crippen molar-refractivity contribution in [1.29, 1.82) is 0 Å². The highest BCUT2D eigenvalue weighted by Crippen LogP contribution is 2.34. The number of amides is 2. The zero-order chi connectivity index (χ0) is 23.3. The normalized spacial score (nSPS) is 23.7. The molecule has 176 valence electrons. The third-order valence-corrected chi connectivity index (χ3v) is 6.84. The fourth-order valence-electron chi connectivity index (χ4n) is 4.72. The van der Waals surface area contributed by atoms with E-state index in [2.05, 4.69) is 28.8 Å². The van der Waals surface area contributed by atoms with Gasteiger partial charge in [0.1, 0.15) is 6.04 Å². The van der Waals surface area contributed by atoms with Crippen LogP contribution in [0.1, 0.15) is 70.9 Å². The maximum atomic E-state index is 13.0. The summed E-state index contributed by atoms with van der Waals surface area (Å²) >= 11 is 0. The molecule has 2 aliphatic rings. The lowest BCUT2D eigenvalue weighted by Crippen LogP contribution is -2.54. The van der Waals surface area contributed by atoms with E-state index in [1.165, 1.54) is 11.1 Å². The first kappa shape index (κ1) is 24.4. The first-order chi connectivity index (χ1) is 15.3. The van der Waals surface area contributed by atoms with Crippen LogP contribution in [-0.2, 0) is 32.0 Å². The number of carbonyl (C=O) groups excluding carboxylic acids is 3. The summed E-state index contributed by atoms with van der Waals surface area (Å²) in [6.07, 6.45) is 4.93. The standard InChI is InChI=1S/C26H38N2O4/c1-5-21(25(31)28-22(13-17(3)4)24(30)26(6-2)16-32-26)27-23(29)15-18-11-12-19-9-7-8-10-20(19)14-18/h7-10,17-18,21-22H,5-6,11-16H2,1-4H3,(H,27,29)(H,28,31). The maximum absolute atomic E-state index is 13.0. The Hall–Kier alpha value is -2.21. The van der Waals surface area contributed by atoms with E-state index in [1.807, 2.05) is 33.8 Å². The van der Waals surface area contributed by atoms with E-state index in [9.17, 15) is 14.4 Å². The van der Waals surface area contributed by atoms with Crippen molar-refractivity contribution in [3.8, 4) is 0 Å². The number of hydrogen-bond acceptors (Lipinski definition) is 4. The van der Waals surface area contributed by atoms with Gasteiger partial charge in [0.05, 0.1) is 12.6 Å². The number of nitrogens with one attached hydrogen (secondary N) is 2. The van der Waals surface area contributed by atoms with Gasteiger partial charge >= 0.3 is 0 Å². The molecule has 1 aliphatic heterocycles. The van der Waals surface area contributed by atoms with Gasteiger partial charge in [-0.05, 0) is 61.5 Å². The molecule has 2 amide bonds. The second-order valence-corrected chi connectivity index (χ2v) is 9.80. The van der Waals surface area contributed by atoms with Gasteiger partial charge in [-0.25, -0.2) is 0 Å². The van der Waals surface area contributed by atoms with E-state index < -0.39 is 17.7 Å². The Morgan fingerprint density at radius 1 is 1.09 bits per heavy atom. The molecule has 1 aliphatic carbocycles. The van der Waals surface area contributed by atoms with Crippen molar-refractivity contribution in [2.75, 3.05) is 6.61 Å². The molecule has 0 saturated carbocycles. The summed E-state index contributed by atoms with van der Waals surface area (Å²) in [5, 5.41) is 5.83. The summed E-state index contributed by atoms with van der Waals surface area (Å²) in [5.74, 6) is 0.0985. The fourth-order valence-corrected chi connectivity index (χ4v) is 4.72. The molecule has 1 heterocycles. The number of fused-ring (bicyclic) bond motifs is 1. The monoisotopic (exact) mass is 442 g/mol. The van der Waals surface area contributed by atoms with Crippen LogP contribution in [-0.4, -0.2) is 41.9 Å². The number of epoxide rings is 1. The molecule has 1 saturated heterocycles. The number of rotatable bonds is 11. The predicted octanol–water partition coefficient (Wildman–Crippen LogP) is 3.36. The third kappa shape index (κ3) is 5.97. The zero-order valence-electron chi connectivity index (χ0n) is 19.9. The molecule has 0 bridgehead atoms. The van der Waals surface area contributed by atoms with Crippen molar-refractivity contribution in [3.63, 3.8) is 0 Å². The molecule has 3 rings (SSSR count). The van der Waals surface area contributed by atoms with E-state index in [0.29, 0.717) is 32.3 Å². The highest BCUT2D eigenvalue weighted by Gasteiger charge is 2.52. The van der Waals surface area contributed by atoms with Crippen LogP contribution < -0.4 is 10.6 Å². The Bertz CT molecular complexity index is 831. The summed E-state index contributed by atoms with van der Waals surface area (Å²) in [6, 6.07) is 7.17. The summed E-state index contributed by atoms with van der Waals surface area (Å²) in [5.41, 5.74) is 1.96. The van der Waals surface area contributed by atoms with Gasteiger partial charge in [-0.15, -0.1) is 0 Å². The van der Waals surface area contributed by atoms with Gasteiger partial charge in [0.25, 0.3) is 0 Å². The average molecular weight is 443 g/mol. The predicted molar refractivity (Wildman–Crippen MR) is 124 cm³/mol. The van der Waals surface area contributed by atoms with Crippen LogP contribution in [0.4, 0.5) is 0 Å². The number of aryl methyl sites for hydroxylation is 1. The maximum Gasteiger partial charge on any atom is 0.243 e. The minimum atomic E-state index is -0.741. The van der Waals surface area contributed by atoms with Gasteiger partial charge in [-0.2, -0.15) is 0 Å². The van der Waals surface area contributed by atoms with Crippen LogP contribution in [0.5, 0.6) is 0 Å². The lowest BCUT2D eigenvalue weighted by Gasteiger charge is -2.26. The summed E-state index contributed by atoms with van der Waals surface area (Å²) in [6.45, 7) is 8.28. The average Bonchev–Trinajstić information content (AvgIpc) is 3.57. The van der Waals surface area contributed by atoms with E-state index in [1.54, 1.807) is 0 Å². The first-order valence-corrected chi connectivity index (χ1v) is 12.1. The summed E-state index contributed by atoms with van der Waals surface area (Å²) < 4.78 is 5.44. The fraction of sp³-hybridized carbons (Fsp3) is 0.654. The Balaban J connectivity index is 1.56. The topological polar surface area (TPSA) is 87.8 Å². The molecule has 1 aromatic carbocycles. The van der Waals surface area contributed by atoms with Crippen molar-refractivity contribution in [3.05, 3.63) is 35.4 Å². The molecule has 0 radical (unpaired) electrons. The quantitative estimate of drug-likeness (QED) is 0.515. The second-order valence-electron chi connectivity index (χ2n) is 9.80. The minimum absolute atomic E-state index is 0.0518. The zero-order valence-corrected chi connectivity index (χ0v) is 19.9. The highest BCUT2D eigenvalue weighted by molar-refractivity contribution is 5.98. The van der Waals surface area contributed by atoms with Gasteiger partial charge in [-0.3, -0.25) is 14.4 Å². The Morgan fingerprint density at radius 2 is 1.78 bits per heavy atom. The lowest BCUT2D eigenvalue weighted by atomic mass is 9.82. The molecular formula is C26H38N2O4.